The number of esters is 1. The first-order valence-corrected chi connectivity index (χ1v) is 17.3. The fourth-order valence-corrected chi connectivity index (χ4v) is 6.79. The summed E-state index contributed by atoms with van der Waals surface area (Å²) in [5.74, 6) is -1.81. The highest BCUT2D eigenvalue weighted by Gasteiger charge is 2.45. The minimum Gasteiger partial charge on any atom is -0.462 e. The molecule has 0 spiro atoms. The summed E-state index contributed by atoms with van der Waals surface area (Å²) in [5.41, 5.74) is 0.135. The van der Waals surface area contributed by atoms with Crippen LogP contribution in [0.4, 0.5) is 16.2 Å². The van der Waals surface area contributed by atoms with Crippen molar-refractivity contribution in [3.8, 4) is 0 Å². The number of nitro benzene ring substituents is 1. The van der Waals surface area contributed by atoms with E-state index >= 15 is 0 Å². The molecule has 1 unspecified atom stereocenters. The Hall–Kier alpha value is -3.55. The predicted molar refractivity (Wildman–Crippen MR) is 174 cm³/mol. The van der Waals surface area contributed by atoms with Crippen LogP contribution in [0.25, 0.3) is 0 Å². The number of nitro groups is 1. The highest BCUT2D eigenvalue weighted by atomic mass is 35.5. The van der Waals surface area contributed by atoms with Crippen molar-refractivity contribution in [3.63, 3.8) is 0 Å². The number of cyclic esters (lactones) is 1. The van der Waals surface area contributed by atoms with E-state index in [9.17, 15) is 32.9 Å². The van der Waals surface area contributed by atoms with Crippen LogP contribution in [0, 0.1) is 24.0 Å². The SMILES string of the molecule is CCCCCCCCCCCCOC(=O)c1cc(N2C(=O)OC(c3c(C)cc([N+](=O)[O-])cc3C)C2=O)c(Cl)cc1S(=O)(=O)N(C)C. The summed E-state index contributed by atoms with van der Waals surface area (Å²) < 4.78 is 38.0. The van der Waals surface area contributed by atoms with Gasteiger partial charge in [-0.2, -0.15) is 0 Å². The number of carbonyl (C=O) groups is 3. The van der Waals surface area contributed by atoms with E-state index in [1.165, 1.54) is 58.3 Å². The number of nitrogens with zero attached hydrogens (tertiary/aromatic N) is 3. The van der Waals surface area contributed by atoms with E-state index in [-0.39, 0.29) is 28.6 Å². The molecule has 2 aromatic rings. The third kappa shape index (κ3) is 8.62. The van der Waals surface area contributed by atoms with Gasteiger partial charge in [-0.15, -0.1) is 0 Å². The summed E-state index contributed by atoms with van der Waals surface area (Å²) in [6.07, 6.45) is 8.30. The molecule has 12 nitrogen and oxygen atoms in total. The fourth-order valence-electron chi connectivity index (χ4n) is 5.40. The zero-order chi connectivity index (χ0) is 34.2. The lowest BCUT2D eigenvalue weighted by atomic mass is 9.96. The number of anilines is 1. The van der Waals surface area contributed by atoms with Crippen molar-refractivity contribution in [2.45, 2.75) is 96.0 Å². The van der Waals surface area contributed by atoms with Gasteiger partial charge in [-0.25, -0.2) is 27.2 Å². The van der Waals surface area contributed by atoms with E-state index in [0.29, 0.717) is 22.4 Å². The highest BCUT2D eigenvalue weighted by Crippen LogP contribution is 2.40. The predicted octanol–water partition coefficient (Wildman–Crippen LogP) is 7.42. The van der Waals surface area contributed by atoms with Crippen LogP contribution < -0.4 is 4.90 Å². The molecule has 0 aromatic heterocycles. The number of aryl methyl sites for hydroxylation is 2. The van der Waals surface area contributed by atoms with Gasteiger partial charge in [0.05, 0.1) is 32.7 Å². The number of rotatable bonds is 17. The Morgan fingerprint density at radius 1 is 0.978 bits per heavy atom. The van der Waals surface area contributed by atoms with Crippen molar-refractivity contribution in [1.29, 1.82) is 0 Å². The first-order valence-electron chi connectivity index (χ1n) is 15.5. The summed E-state index contributed by atoms with van der Waals surface area (Å²) >= 11 is 6.45. The molecule has 1 saturated heterocycles. The maximum Gasteiger partial charge on any atom is 0.422 e. The Morgan fingerprint density at radius 3 is 2.04 bits per heavy atom. The van der Waals surface area contributed by atoms with Crippen molar-refractivity contribution in [3.05, 3.63) is 61.7 Å². The molecule has 1 aliphatic heterocycles. The third-order valence-corrected chi connectivity index (χ3v) is 10.1. The average molecular weight is 680 g/mol. The normalized spacial score (nSPS) is 15.0. The van der Waals surface area contributed by atoms with E-state index in [1.807, 2.05) is 0 Å². The molecule has 252 valence electrons. The summed E-state index contributed by atoms with van der Waals surface area (Å²) in [5, 5.41) is 11.0. The van der Waals surface area contributed by atoms with Crippen LogP contribution in [-0.2, 0) is 24.3 Å². The van der Waals surface area contributed by atoms with Crippen LogP contribution in [0.2, 0.25) is 5.02 Å². The minimum absolute atomic E-state index is 0.0558. The number of non-ortho nitro benzene ring substituents is 1. The fraction of sp³-hybridized carbons (Fsp3) is 0.531. The third-order valence-electron chi connectivity index (χ3n) is 7.90. The van der Waals surface area contributed by atoms with Crippen molar-refractivity contribution < 1.29 is 37.2 Å². The zero-order valence-corrected chi connectivity index (χ0v) is 28.5. The van der Waals surface area contributed by atoms with Crippen LogP contribution >= 0.6 is 11.6 Å². The molecule has 3 rings (SSSR count). The Bertz CT molecular complexity index is 1550. The molecule has 0 aliphatic carbocycles. The smallest absolute Gasteiger partial charge is 0.422 e. The molecule has 2 amide bonds. The molecular formula is C32H42ClN3O9S. The van der Waals surface area contributed by atoms with Gasteiger partial charge in [0.2, 0.25) is 16.1 Å². The first-order chi connectivity index (χ1) is 21.7. The Kier molecular flexibility index (Phi) is 13.1. The maximum atomic E-state index is 13.6. The first kappa shape index (κ1) is 36.9. The van der Waals surface area contributed by atoms with Crippen molar-refractivity contribution in [2.75, 3.05) is 25.6 Å². The lowest BCUT2D eigenvalue weighted by Gasteiger charge is -2.19. The van der Waals surface area contributed by atoms with Gasteiger partial charge in [-0.05, 0) is 43.5 Å². The van der Waals surface area contributed by atoms with Gasteiger partial charge in [-0.1, -0.05) is 76.3 Å². The molecule has 0 radical (unpaired) electrons. The van der Waals surface area contributed by atoms with Crippen molar-refractivity contribution in [1.82, 2.24) is 4.31 Å². The number of imide groups is 1. The number of carbonyl (C=O) groups excluding carboxylic acids is 3. The molecule has 1 fully saturated rings. The van der Waals surface area contributed by atoms with Crippen LogP contribution in [0.5, 0.6) is 0 Å². The molecule has 1 atom stereocenters. The summed E-state index contributed by atoms with van der Waals surface area (Å²) in [7, 11) is -1.62. The number of hydrogen-bond donors (Lipinski definition) is 0. The van der Waals surface area contributed by atoms with Crippen LogP contribution in [0.3, 0.4) is 0 Å². The maximum absolute atomic E-state index is 13.6. The zero-order valence-electron chi connectivity index (χ0n) is 27.0. The quantitative estimate of drug-likeness (QED) is 0.0719. The number of ether oxygens (including phenoxy) is 2. The molecule has 0 bridgehead atoms. The molecule has 14 heteroatoms. The Balaban J connectivity index is 1.82. The average Bonchev–Trinajstić information content (AvgIpc) is 3.27. The highest BCUT2D eigenvalue weighted by molar-refractivity contribution is 7.89. The Labute approximate surface area is 275 Å². The van der Waals surface area contributed by atoms with E-state index in [2.05, 4.69) is 6.92 Å². The second-order valence-electron chi connectivity index (χ2n) is 11.6. The van der Waals surface area contributed by atoms with Crippen LogP contribution in [0.1, 0.15) is 104 Å². The summed E-state index contributed by atoms with van der Waals surface area (Å²) in [6, 6.07) is 4.57. The summed E-state index contributed by atoms with van der Waals surface area (Å²) in [6.45, 7) is 5.35. The second kappa shape index (κ2) is 16.3. The molecule has 0 saturated carbocycles. The largest absolute Gasteiger partial charge is 0.462 e. The molecule has 1 aliphatic rings. The van der Waals surface area contributed by atoms with E-state index in [1.54, 1.807) is 13.8 Å². The van der Waals surface area contributed by atoms with Gasteiger partial charge < -0.3 is 9.47 Å². The van der Waals surface area contributed by atoms with Crippen LogP contribution in [-0.4, -0.2) is 56.3 Å². The molecular weight excluding hydrogens is 638 g/mol. The molecule has 0 N–H and O–H groups in total. The number of hydrogen-bond acceptors (Lipinski definition) is 9. The number of sulfonamides is 1. The molecule has 46 heavy (non-hydrogen) atoms. The number of halogens is 1. The topological polar surface area (TPSA) is 153 Å². The van der Waals surface area contributed by atoms with Crippen molar-refractivity contribution in [2.24, 2.45) is 0 Å². The number of amides is 2. The van der Waals surface area contributed by atoms with E-state index in [4.69, 9.17) is 21.1 Å². The van der Waals surface area contributed by atoms with Gasteiger partial charge in [-0.3, -0.25) is 14.9 Å². The lowest BCUT2D eigenvalue weighted by molar-refractivity contribution is -0.385. The molecule has 2 aromatic carbocycles. The monoisotopic (exact) mass is 679 g/mol. The van der Waals surface area contributed by atoms with Gasteiger partial charge in [0.25, 0.3) is 11.6 Å². The van der Waals surface area contributed by atoms with Crippen LogP contribution in [0.15, 0.2) is 29.2 Å². The van der Waals surface area contributed by atoms with E-state index < -0.39 is 49.5 Å². The van der Waals surface area contributed by atoms with Crippen molar-refractivity contribution >= 4 is 51.0 Å². The Morgan fingerprint density at radius 2 is 1.52 bits per heavy atom. The lowest BCUT2D eigenvalue weighted by Crippen LogP contribution is -2.31. The van der Waals surface area contributed by atoms with Gasteiger partial charge >= 0.3 is 12.1 Å². The standard InChI is InChI=1S/C32H42ClN3O9S/c1-6-7-8-9-10-11-12-13-14-15-16-44-31(38)24-19-26(25(33)20-27(24)46(42,43)34(4)5)35-30(37)29(45-32(35)39)28-21(2)17-23(36(40)41)18-22(28)3/h17-20,29H,6-16H2,1-5H3. The van der Waals surface area contributed by atoms with Gasteiger partial charge in [0.1, 0.15) is 0 Å². The van der Waals surface area contributed by atoms with Gasteiger partial charge in [0.15, 0.2) is 0 Å². The van der Waals surface area contributed by atoms with Gasteiger partial charge in [0, 0.05) is 31.8 Å². The van der Waals surface area contributed by atoms with E-state index in [0.717, 1.165) is 42.1 Å². The molecule has 1 heterocycles. The second-order valence-corrected chi connectivity index (χ2v) is 14.1. The number of unbranched alkanes of at least 4 members (excludes halogenated alkanes) is 9. The summed E-state index contributed by atoms with van der Waals surface area (Å²) in [4.78, 5) is 50.8. The number of benzene rings is 2. The minimum atomic E-state index is -4.20.